The molecule has 0 aliphatic rings. The molecule has 0 bridgehead atoms. The van der Waals surface area contributed by atoms with Crippen LogP contribution in [0.15, 0.2) is 42.5 Å². The molecule has 0 heterocycles. The van der Waals surface area contributed by atoms with E-state index in [4.69, 9.17) is 10.5 Å². The molecule has 2 heteroatoms. The first-order valence-corrected chi connectivity index (χ1v) is 7.54. The summed E-state index contributed by atoms with van der Waals surface area (Å²) in [7, 11) is 0. The predicted octanol–water partition coefficient (Wildman–Crippen LogP) is 4.33. The minimum Gasteiger partial charge on any atom is -0.491 e. The van der Waals surface area contributed by atoms with Crippen molar-refractivity contribution in [2.45, 2.75) is 46.3 Å². The number of rotatable bonds is 5. The molecule has 2 aromatic carbocycles. The molecular weight excluding hydrogens is 258 g/mol. The highest BCUT2D eigenvalue weighted by molar-refractivity contribution is 5.38. The Hall–Kier alpha value is -1.80. The maximum Gasteiger partial charge on any atom is 0.124 e. The normalized spacial score (nSPS) is 12.5. The highest BCUT2D eigenvalue weighted by atomic mass is 16.5. The van der Waals surface area contributed by atoms with Crippen LogP contribution in [0.5, 0.6) is 5.75 Å². The van der Waals surface area contributed by atoms with Gasteiger partial charge in [-0.25, -0.2) is 0 Å². The molecule has 0 aliphatic carbocycles. The number of hydrogen-bond acceptors (Lipinski definition) is 2. The van der Waals surface area contributed by atoms with Gasteiger partial charge in [-0.15, -0.1) is 0 Å². The van der Waals surface area contributed by atoms with Gasteiger partial charge in [-0.1, -0.05) is 47.5 Å². The molecule has 0 radical (unpaired) electrons. The minimum atomic E-state index is -0.0545. The maximum absolute atomic E-state index is 6.42. The van der Waals surface area contributed by atoms with Gasteiger partial charge in [0.15, 0.2) is 0 Å². The monoisotopic (exact) mass is 283 g/mol. The van der Waals surface area contributed by atoms with E-state index in [9.17, 15) is 0 Å². The summed E-state index contributed by atoms with van der Waals surface area (Å²) in [4.78, 5) is 0. The SMILES string of the molecule is Cc1cc(C)cc(CC(N)c2ccccc2OC(C)C)c1. The lowest BCUT2D eigenvalue weighted by atomic mass is 9.96. The Bertz CT molecular complexity index is 584. The first-order chi connectivity index (χ1) is 9.95. The summed E-state index contributed by atoms with van der Waals surface area (Å²) in [6, 6.07) is 14.6. The van der Waals surface area contributed by atoms with E-state index < -0.39 is 0 Å². The second-order valence-corrected chi connectivity index (χ2v) is 6.01. The third kappa shape index (κ3) is 4.33. The van der Waals surface area contributed by atoms with Crippen LogP contribution < -0.4 is 10.5 Å². The molecule has 21 heavy (non-hydrogen) atoms. The van der Waals surface area contributed by atoms with Crippen LogP contribution in [-0.2, 0) is 6.42 Å². The molecular formula is C19H25NO. The van der Waals surface area contributed by atoms with Gasteiger partial charge in [0.1, 0.15) is 5.75 Å². The number of nitrogens with two attached hydrogens (primary N) is 1. The summed E-state index contributed by atoms with van der Waals surface area (Å²) >= 11 is 0. The van der Waals surface area contributed by atoms with E-state index >= 15 is 0 Å². The Labute approximate surface area is 127 Å². The summed E-state index contributed by atoms with van der Waals surface area (Å²) in [5.41, 5.74) is 11.3. The van der Waals surface area contributed by atoms with Crippen LogP contribution in [-0.4, -0.2) is 6.10 Å². The molecule has 2 nitrogen and oxygen atoms in total. The molecule has 0 amide bonds. The van der Waals surface area contributed by atoms with Crippen molar-refractivity contribution in [1.82, 2.24) is 0 Å². The molecule has 0 fully saturated rings. The highest BCUT2D eigenvalue weighted by Gasteiger charge is 2.13. The van der Waals surface area contributed by atoms with Crippen molar-refractivity contribution in [3.63, 3.8) is 0 Å². The summed E-state index contributed by atoms with van der Waals surface area (Å²) in [6.07, 6.45) is 0.973. The second-order valence-electron chi connectivity index (χ2n) is 6.01. The number of aryl methyl sites for hydroxylation is 2. The van der Waals surface area contributed by atoms with Gasteiger partial charge >= 0.3 is 0 Å². The van der Waals surface area contributed by atoms with Crippen LogP contribution in [0.3, 0.4) is 0 Å². The minimum absolute atomic E-state index is 0.0545. The van der Waals surface area contributed by atoms with E-state index in [1.807, 2.05) is 32.0 Å². The van der Waals surface area contributed by atoms with Gasteiger partial charge in [-0.05, 0) is 45.7 Å². The predicted molar refractivity (Wildman–Crippen MR) is 88.8 cm³/mol. The Kier molecular flexibility index (Phi) is 5.03. The van der Waals surface area contributed by atoms with Crippen molar-refractivity contribution in [1.29, 1.82) is 0 Å². The molecule has 0 aromatic heterocycles. The maximum atomic E-state index is 6.42. The topological polar surface area (TPSA) is 35.2 Å². The van der Waals surface area contributed by atoms with Gasteiger partial charge in [0.25, 0.3) is 0 Å². The first kappa shape index (κ1) is 15.6. The van der Waals surface area contributed by atoms with Crippen LogP contribution in [0.4, 0.5) is 0 Å². The number of hydrogen-bond donors (Lipinski definition) is 1. The zero-order valence-corrected chi connectivity index (χ0v) is 13.4. The average molecular weight is 283 g/mol. The lowest BCUT2D eigenvalue weighted by molar-refractivity contribution is 0.238. The Balaban J connectivity index is 2.22. The lowest BCUT2D eigenvalue weighted by Gasteiger charge is -2.19. The van der Waals surface area contributed by atoms with Crippen LogP contribution in [0.2, 0.25) is 0 Å². The van der Waals surface area contributed by atoms with Crippen LogP contribution in [0.25, 0.3) is 0 Å². The van der Waals surface area contributed by atoms with Gasteiger partial charge in [0.05, 0.1) is 6.10 Å². The van der Waals surface area contributed by atoms with E-state index in [-0.39, 0.29) is 12.1 Å². The number of ether oxygens (including phenoxy) is 1. The van der Waals surface area contributed by atoms with E-state index in [0.29, 0.717) is 0 Å². The van der Waals surface area contributed by atoms with Crippen molar-refractivity contribution >= 4 is 0 Å². The van der Waals surface area contributed by atoms with Gasteiger partial charge in [-0.2, -0.15) is 0 Å². The standard InChI is InChI=1S/C19H25NO/c1-13(2)21-19-8-6-5-7-17(19)18(20)12-16-10-14(3)9-15(4)11-16/h5-11,13,18H,12,20H2,1-4H3. The first-order valence-electron chi connectivity index (χ1n) is 7.54. The van der Waals surface area contributed by atoms with Crippen molar-refractivity contribution < 1.29 is 4.74 Å². The quantitative estimate of drug-likeness (QED) is 0.886. The molecule has 0 spiro atoms. The smallest absolute Gasteiger partial charge is 0.124 e. The fraction of sp³-hybridized carbons (Fsp3) is 0.368. The van der Waals surface area contributed by atoms with E-state index in [1.165, 1.54) is 16.7 Å². The van der Waals surface area contributed by atoms with Crippen molar-refractivity contribution in [3.8, 4) is 5.75 Å². The van der Waals surface area contributed by atoms with Crippen LogP contribution in [0.1, 0.15) is 42.1 Å². The molecule has 2 N–H and O–H groups in total. The molecule has 112 valence electrons. The Morgan fingerprint density at radius 3 is 2.24 bits per heavy atom. The van der Waals surface area contributed by atoms with Gasteiger partial charge in [0.2, 0.25) is 0 Å². The van der Waals surface area contributed by atoms with E-state index in [1.54, 1.807) is 0 Å². The summed E-state index contributed by atoms with van der Waals surface area (Å²) in [5, 5.41) is 0. The lowest BCUT2D eigenvalue weighted by Crippen LogP contribution is -2.16. The van der Waals surface area contributed by atoms with Crippen LogP contribution in [0, 0.1) is 13.8 Å². The molecule has 1 atom stereocenters. The van der Waals surface area contributed by atoms with Crippen molar-refractivity contribution in [3.05, 3.63) is 64.7 Å². The fourth-order valence-corrected chi connectivity index (χ4v) is 2.70. The largest absolute Gasteiger partial charge is 0.491 e. The Morgan fingerprint density at radius 1 is 1.00 bits per heavy atom. The van der Waals surface area contributed by atoms with E-state index in [0.717, 1.165) is 17.7 Å². The molecule has 1 unspecified atom stereocenters. The third-order valence-electron chi connectivity index (χ3n) is 3.42. The van der Waals surface area contributed by atoms with E-state index in [2.05, 4.69) is 38.1 Å². The summed E-state index contributed by atoms with van der Waals surface area (Å²) < 4.78 is 5.87. The summed E-state index contributed by atoms with van der Waals surface area (Å²) in [5.74, 6) is 0.893. The molecule has 2 aromatic rings. The van der Waals surface area contributed by atoms with Crippen LogP contribution >= 0.6 is 0 Å². The zero-order valence-electron chi connectivity index (χ0n) is 13.4. The Morgan fingerprint density at radius 2 is 1.62 bits per heavy atom. The number of benzene rings is 2. The average Bonchev–Trinajstić information content (AvgIpc) is 2.37. The van der Waals surface area contributed by atoms with Crippen molar-refractivity contribution in [2.75, 3.05) is 0 Å². The summed E-state index contributed by atoms with van der Waals surface area (Å²) in [6.45, 7) is 8.31. The van der Waals surface area contributed by atoms with Gasteiger partial charge in [-0.3, -0.25) is 0 Å². The second kappa shape index (κ2) is 6.77. The number of para-hydroxylation sites is 1. The van der Waals surface area contributed by atoms with Gasteiger partial charge in [0, 0.05) is 11.6 Å². The third-order valence-corrected chi connectivity index (χ3v) is 3.42. The molecule has 0 aliphatic heterocycles. The molecule has 2 rings (SSSR count). The highest BCUT2D eigenvalue weighted by Crippen LogP contribution is 2.27. The van der Waals surface area contributed by atoms with Gasteiger partial charge < -0.3 is 10.5 Å². The fourth-order valence-electron chi connectivity index (χ4n) is 2.70. The van der Waals surface area contributed by atoms with Crippen molar-refractivity contribution in [2.24, 2.45) is 5.73 Å². The molecule has 0 saturated carbocycles. The zero-order chi connectivity index (χ0) is 15.4. The molecule has 0 saturated heterocycles.